The monoisotopic (exact) mass is 511 g/mol. The number of halogens is 2. The maximum atomic E-state index is 13.6. The fourth-order valence-electron chi connectivity index (χ4n) is 3.53. The zero-order valence-electron chi connectivity index (χ0n) is 19.8. The predicted molar refractivity (Wildman–Crippen MR) is 133 cm³/mol. The summed E-state index contributed by atoms with van der Waals surface area (Å²) in [5.41, 5.74) is 1.04. The molecular formula is C24H31ClFN3O4S. The van der Waals surface area contributed by atoms with Crippen LogP contribution < -0.4 is 9.62 Å². The first-order valence-corrected chi connectivity index (χ1v) is 13.2. The third kappa shape index (κ3) is 7.70. The maximum Gasteiger partial charge on any atom is 0.244 e. The first-order chi connectivity index (χ1) is 15.9. The van der Waals surface area contributed by atoms with Gasteiger partial charge in [-0.2, -0.15) is 0 Å². The molecule has 0 bridgehead atoms. The molecule has 2 aromatic carbocycles. The number of nitrogens with zero attached hydrogens (tertiary/aromatic N) is 2. The molecule has 2 amide bonds. The molecule has 1 N–H and O–H groups in total. The van der Waals surface area contributed by atoms with Gasteiger partial charge in [0.1, 0.15) is 18.4 Å². The number of rotatable bonds is 11. The van der Waals surface area contributed by atoms with E-state index in [0.29, 0.717) is 12.8 Å². The molecule has 34 heavy (non-hydrogen) atoms. The van der Waals surface area contributed by atoms with Crippen LogP contribution in [0.4, 0.5) is 10.1 Å². The zero-order chi connectivity index (χ0) is 25.5. The van der Waals surface area contributed by atoms with Crippen LogP contribution in [-0.2, 0) is 26.0 Å². The van der Waals surface area contributed by atoms with Crippen molar-refractivity contribution >= 4 is 39.1 Å². The molecule has 0 radical (unpaired) electrons. The molecule has 0 saturated heterocycles. The normalized spacial score (nSPS) is 12.3. The molecule has 2 aromatic rings. The molecule has 1 atom stereocenters. The highest BCUT2D eigenvalue weighted by Crippen LogP contribution is 2.25. The number of anilines is 1. The Morgan fingerprint density at radius 3 is 2.29 bits per heavy atom. The largest absolute Gasteiger partial charge is 0.352 e. The van der Waals surface area contributed by atoms with Crippen LogP contribution in [0.5, 0.6) is 0 Å². The van der Waals surface area contributed by atoms with Crippen LogP contribution in [0.2, 0.25) is 5.02 Å². The van der Waals surface area contributed by atoms with Crippen molar-refractivity contribution in [3.63, 3.8) is 0 Å². The Hall–Kier alpha value is -2.65. The van der Waals surface area contributed by atoms with Gasteiger partial charge in [0.25, 0.3) is 0 Å². The summed E-state index contributed by atoms with van der Waals surface area (Å²) in [6, 6.07) is 12.0. The van der Waals surface area contributed by atoms with Gasteiger partial charge in [-0.3, -0.25) is 13.9 Å². The molecule has 0 aliphatic heterocycles. The molecule has 0 fully saturated rings. The molecule has 1 unspecified atom stereocenters. The Morgan fingerprint density at radius 1 is 1.12 bits per heavy atom. The van der Waals surface area contributed by atoms with Crippen LogP contribution in [0.3, 0.4) is 0 Å². The van der Waals surface area contributed by atoms with Crippen molar-refractivity contribution in [2.24, 2.45) is 0 Å². The lowest BCUT2D eigenvalue weighted by atomic mass is 10.1. The van der Waals surface area contributed by atoms with Crippen molar-refractivity contribution < 1.29 is 22.4 Å². The number of hydrogen-bond donors (Lipinski definition) is 1. The Balaban J connectivity index is 2.38. The second kappa shape index (κ2) is 12.2. The van der Waals surface area contributed by atoms with Crippen LogP contribution >= 0.6 is 11.6 Å². The Bertz CT molecular complexity index is 1100. The summed E-state index contributed by atoms with van der Waals surface area (Å²) in [6.45, 7) is 5.10. The van der Waals surface area contributed by atoms with Gasteiger partial charge in [0.15, 0.2) is 0 Å². The average Bonchev–Trinajstić information content (AvgIpc) is 2.76. The van der Waals surface area contributed by atoms with Crippen molar-refractivity contribution in [1.29, 1.82) is 0 Å². The summed E-state index contributed by atoms with van der Waals surface area (Å²) in [5.74, 6) is -1.56. The van der Waals surface area contributed by atoms with Gasteiger partial charge >= 0.3 is 0 Å². The van der Waals surface area contributed by atoms with Crippen molar-refractivity contribution in [2.75, 3.05) is 23.7 Å². The molecule has 0 saturated carbocycles. The highest BCUT2D eigenvalue weighted by Gasteiger charge is 2.31. The number of nitrogens with one attached hydrogen (secondary N) is 1. The van der Waals surface area contributed by atoms with E-state index in [9.17, 15) is 22.4 Å². The number of benzene rings is 2. The van der Waals surface area contributed by atoms with Crippen LogP contribution in [0.15, 0.2) is 48.5 Å². The molecule has 2 rings (SSSR count). The summed E-state index contributed by atoms with van der Waals surface area (Å²) < 4.78 is 39.5. The number of sulfonamides is 1. The lowest BCUT2D eigenvalue weighted by Crippen LogP contribution is -2.54. The number of hydrogen-bond acceptors (Lipinski definition) is 4. The van der Waals surface area contributed by atoms with E-state index in [2.05, 4.69) is 5.32 Å². The minimum Gasteiger partial charge on any atom is -0.352 e. The van der Waals surface area contributed by atoms with Gasteiger partial charge in [-0.15, -0.1) is 0 Å². The van der Waals surface area contributed by atoms with Gasteiger partial charge < -0.3 is 10.2 Å². The van der Waals surface area contributed by atoms with E-state index < -0.39 is 34.3 Å². The highest BCUT2D eigenvalue weighted by molar-refractivity contribution is 7.92. The molecule has 0 aliphatic carbocycles. The third-order valence-electron chi connectivity index (χ3n) is 5.17. The minimum absolute atomic E-state index is 0.0601. The van der Waals surface area contributed by atoms with E-state index in [-0.39, 0.29) is 29.2 Å². The molecule has 0 aromatic heterocycles. The second-order valence-corrected chi connectivity index (χ2v) is 10.6. The van der Waals surface area contributed by atoms with E-state index in [1.54, 1.807) is 6.92 Å². The molecule has 186 valence electrons. The van der Waals surface area contributed by atoms with E-state index in [1.165, 1.54) is 11.0 Å². The van der Waals surface area contributed by atoms with Crippen LogP contribution in [0, 0.1) is 5.82 Å². The summed E-state index contributed by atoms with van der Waals surface area (Å²) in [5, 5.41) is 2.57. The summed E-state index contributed by atoms with van der Waals surface area (Å²) in [4.78, 5) is 27.8. The highest BCUT2D eigenvalue weighted by atomic mass is 35.5. The second-order valence-electron chi connectivity index (χ2n) is 8.28. The van der Waals surface area contributed by atoms with Gasteiger partial charge in [-0.1, -0.05) is 48.9 Å². The van der Waals surface area contributed by atoms with E-state index in [1.807, 2.05) is 44.2 Å². The van der Waals surface area contributed by atoms with Crippen molar-refractivity contribution in [1.82, 2.24) is 10.2 Å². The Kier molecular flexibility index (Phi) is 9.88. The van der Waals surface area contributed by atoms with Gasteiger partial charge in [-0.05, 0) is 50.5 Å². The van der Waals surface area contributed by atoms with Crippen molar-refractivity contribution in [3.05, 3.63) is 64.9 Å². The number of carbonyl (C=O) groups excluding carboxylic acids is 2. The van der Waals surface area contributed by atoms with Gasteiger partial charge in [0.05, 0.1) is 17.0 Å². The van der Waals surface area contributed by atoms with Crippen LogP contribution in [0.25, 0.3) is 0 Å². The van der Waals surface area contributed by atoms with E-state index in [4.69, 9.17) is 11.6 Å². The standard InChI is InChI=1S/C24H31ClFN3O4S/c1-5-22(24(31)27-17(2)3)28(14-13-18-9-7-6-8-10-18)23(30)16-29(34(4,32)33)19-11-12-21(26)20(25)15-19/h6-12,15,17,22H,5,13-14,16H2,1-4H3,(H,27,31). The molecule has 0 heterocycles. The lowest BCUT2D eigenvalue weighted by molar-refractivity contribution is -0.139. The molecule has 0 spiro atoms. The van der Waals surface area contributed by atoms with Gasteiger partial charge in [0.2, 0.25) is 21.8 Å². The fourth-order valence-corrected chi connectivity index (χ4v) is 4.55. The number of carbonyl (C=O) groups is 2. The van der Waals surface area contributed by atoms with Gasteiger partial charge in [0, 0.05) is 12.6 Å². The summed E-state index contributed by atoms with van der Waals surface area (Å²) in [6.07, 6.45) is 1.79. The van der Waals surface area contributed by atoms with E-state index in [0.717, 1.165) is 28.3 Å². The third-order valence-corrected chi connectivity index (χ3v) is 6.60. The smallest absolute Gasteiger partial charge is 0.244 e. The lowest BCUT2D eigenvalue weighted by Gasteiger charge is -2.33. The molecular weight excluding hydrogens is 481 g/mol. The molecule has 7 nitrogen and oxygen atoms in total. The molecule has 10 heteroatoms. The quantitative estimate of drug-likeness (QED) is 0.499. The van der Waals surface area contributed by atoms with Crippen LogP contribution in [-0.4, -0.2) is 56.6 Å². The minimum atomic E-state index is -3.91. The van der Waals surface area contributed by atoms with Crippen LogP contribution in [0.1, 0.15) is 32.8 Å². The fraction of sp³-hybridized carbons (Fsp3) is 0.417. The Morgan fingerprint density at radius 2 is 1.76 bits per heavy atom. The number of amides is 2. The SMILES string of the molecule is CCC(C(=O)NC(C)C)N(CCc1ccccc1)C(=O)CN(c1ccc(F)c(Cl)c1)S(C)(=O)=O. The van der Waals surface area contributed by atoms with Crippen molar-refractivity contribution in [3.8, 4) is 0 Å². The average molecular weight is 512 g/mol. The zero-order valence-corrected chi connectivity index (χ0v) is 21.4. The summed E-state index contributed by atoms with van der Waals surface area (Å²) >= 11 is 5.84. The topological polar surface area (TPSA) is 86.8 Å². The van der Waals surface area contributed by atoms with Gasteiger partial charge in [-0.25, -0.2) is 12.8 Å². The maximum absolute atomic E-state index is 13.6. The first kappa shape index (κ1) is 27.6. The first-order valence-electron chi connectivity index (χ1n) is 11.0. The van der Waals surface area contributed by atoms with E-state index >= 15 is 0 Å². The molecule has 0 aliphatic rings. The Labute approximate surface area is 205 Å². The van der Waals surface area contributed by atoms with Crippen molar-refractivity contribution in [2.45, 2.75) is 45.7 Å². The summed E-state index contributed by atoms with van der Waals surface area (Å²) in [7, 11) is -3.91. The predicted octanol–water partition coefficient (Wildman–Crippen LogP) is 3.62.